The van der Waals surface area contributed by atoms with E-state index in [0.717, 1.165) is 60.3 Å². The van der Waals surface area contributed by atoms with Gasteiger partial charge in [0.05, 0.1) is 5.52 Å². The molecule has 0 saturated heterocycles. The molecule has 164 valence electrons. The van der Waals surface area contributed by atoms with Crippen LogP contribution in [-0.2, 0) is 0 Å². The summed E-state index contributed by atoms with van der Waals surface area (Å²) in [4.78, 5) is 12.2. The maximum Gasteiger partial charge on any atom is 0.162 e. The lowest BCUT2D eigenvalue weighted by Gasteiger charge is -2.21. The van der Waals surface area contributed by atoms with Gasteiger partial charge < -0.3 is 21.4 Å². The van der Waals surface area contributed by atoms with Crippen molar-refractivity contribution in [3.8, 4) is 11.4 Å². The Kier molecular flexibility index (Phi) is 7.58. The topological polar surface area (TPSA) is 90.9 Å². The van der Waals surface area contributed by atoms with Crippen LogP contribution in [-0.4, -0.2) is 46.8 Å². The molecule has 2 aromatic carbocycles. The van der Waals surface area contributed by atoms with Gasteiger partial charge in [-0.15, -0.1) is 0 Å². The van der Waals surface area contributed by atoms with Crippen LogP contribution in [0.25, 0.3) is 22.3 Å². The molecular formula is C25H34N6. The number of nitrogens with one attached hydrogen (secondary N) is 2. The van der Waals surface area contributed by atoms with Crippen LogP contribution in [0.5, 0.6) is 0 Å². The minimum absolute atomic E-state index is 0.297. The number of anilines is 2. The normalized spacial score (nSPS) is 12.3. The number of benzene rings is 2. The van der Waals surface area contributed by atoms with Crippen molar-refractivity contribution in [3.05, 3.63) is 47.5 Å². The molecule has 6 nitrogen and oxygen atoms in total. The van der Waals surface area contributed by atoms with Crippen molar-refractivity contribution in [1.29, 1.82) is 5.41 Å². The first-order valence-electron chi connectivity index (χ1n) is 11.1. The van der Waals surface area contributed by atoms with E-state index in [0.29, 0.717) is 23.1 Å². The summed E-state index contributed by atoms with van der Waals surface area (Å²) in [6.45, 7) is 12.0. The first-order chi connectivity index (χ1) is 15.0. The first-order valence-corrected chi connectivity index (χ1v) is 11.1. The number of nitrogens with zero attached hydrogens (tertiary/aromatic N) is 3. The van der Waals surface area contributed by atoms with Gasteiger partial charge in [0.1, 0.15) is 5.82 Å². The minimum Gasteiger partial charge on any atom is -0.398 e. The first kappa shape index (κ1) is 22.7. The van der Waals surface area contributed by atoms with E-state index >= 15 is 0 Å². The number of aryl methyl sites for hydroxylation is 1. The minimum atomic E-state index is 0.297. The maximum absolute atomic E-state index is 7.60. The van der Waals surface area contributed by atoms with E-state index < -0.39 is 0 Å². The van der Waals surface area contributed by atoms with E-state index in [1.807, 2.05) is 24.3 Å². The third-order valence-electron chi connectivity index (χ3n) is 5.82. The molecular weight excluding hydrogens is 384 g/mol. The summed E-state index contributed by atoms with van der Waals surface area (Å²) in [5.74, 6) is 1.50. The lowest BCUT2D eigenvalue weighted by Crippen LogP contribution is -2.25. The highest BCUT2D eigenvalue weighted by molar-refractivity contribution is 5.93. The average Bonchev–Trinajstić information content (AvgIpc) is 2.77. The molecule has 0 bridgehead atoms. The van der Waals surface area contributed by atoms with E-state index in [1.165, 1.54) is 6.21 Å². The summed E-state index contributed by atoms with van der Waals surface area (Å²) in [6, 6.07) is 12.1. The van der Waals surface area contributed by atoms with Crippen LogP contribution in [0.1, 0.15) is 44.7 Å². The Morgan fingerprint density at radius 3 is 2.65 bits per heavy atom. The predicted molar refractivity (Wildman–Crippen MR) is 132 cm³/mol. The summed E-state index contributed by atoms with van der Waals surface area (Å²) >= 11 is 0. The molecule has 1 heterocycles. The van der Waals surface area contributed by atoms with Crippen molar-refractivity contribution in [1.82, 2.24) is 14.9 Å². The second-order valence-electron chi connectivity index (χ2n) is 8.07. The van der Waals surface area contributed by atoms with Gasteiger partial charge in [-0.25, -0.2) is 9.97 Å². The SMILES string of the molecule is CCN(CC)CCCC(C)Nc1nc(-c2ccc(N)c(C=N)c2)nc2c(C)cccc12. The molecule has 3 rings (SSSR count). The van der Waals surface area contributed by atoms with Gasteiger partial charge in [0.25, 0.3) is 0 Å². The number of nitrogens with two attached hydrogens (primary N) is 1. The highest BCUT2D eigenvalue weighted by Crippen LogP contribution is 2.28. The fourth-order valence-corrected chi connectivity index (χ4v) is 3.84. The highest BCUT2D eigenvalue weighted by atomic mass is 15.1. The number of hydrogen-bond acceptors (Lipinski definition) is 6. The number of nitrogen functional groups attached to an aromatic ring is 1. The second-order valence-corrected chi connectivity index (χ2v) is 8.07. The molecule has 4 N–H and O–H groups in total. The second kappa shape index (κ2) is 10.4. The maximum atomic E-state index is 7.60. The Labute approximate surface area is 185 Å². The molecule has 0 aliphatic rings. The van der Waals surface area contributed by atoms with Crippen LogP contribution >= 0.6 is 0 Å². The van der Waals surface area contributed by atoms with Gasteiger partial charge in [-0.05, 0) is 76.2 Å². The Balaban J connectivity index is 1.91. The van der Waals surface area contributed by atoms with E-state index in [-0.39, 0.29) is 0 Å². The molecule has 3 aromatic rings. The van der Waals surface area contributed by atoms with Crippen molar-refractivity contribution < 1.29 is 0 Å². The van der Waals surface area contributed by atoms with Gasteiger partial charge in [-0.3, -0.25) is 0 Å². The molecule has 0 aliphatic carbocycles. The fourth-order valence-electron chi connectivity index (χ4n) is 3.84. The van der Waals surface area contributed by atoms with Crippen molar-refractivity contribution in [2.45, 2.75) is 46.6 Å². The van der Waals surface area contributed by atoms with Gasteiger partial charge >= 0.3 is 0 Å². The molecule has 0 aliphatic heterocycles. The lowest BCUT2D eigenvalue weighted by molar-refractivity contribution is 0.295. The molecule has 1 aromatic heterocycles. The van der Waals surface area contributed by atoms with Crippen molar-refractivity contribution in [3.63, 3.8) is 0 Å². The molecule has 1 unspecified atom stereocenters. The van der Waals surface area contributed by atoms with Gasteiger partial charge in [-0.1, -0.05) is 26.0 Å². The van der Waals surface area contributed by atoms with Crippen molar-refractivity contribution in [2.24, 2.45) is 0 Å². The molecule has 6 heteroatoms. The van der Waals surface area contributed by atoms with Crippen molar-refractivity contribution >= 4 is 28.6 Å². The summed E-state index contributed by atoms with van der Waals surface area (Å²) in [7, 11) is 0. The monoisotopic (exact) mass is 418 g/mol. The van der Waals surface area contributed by atoms with E-state index in [4.69, 9.17) is 21.1 Å². The molecule has 0 saturated carbocycles. The number of rotatable bonds is 10. The Hall–Kier alpha value is -2.99. The smallest absolute Gasteiger partial charge is 0.162 e. The third kappa shape index (κ3) is 5.39. The quantitative estimate of drug-likeness (QED) is 0.314. The van der Waals surface area contributed by atoms with Crippen LogP contribution in [0.3, 0.4) is 0 Å². The van der Waals surface area contributed by atoms with Gasteiger partial charge in [0.15, 0.2) is 5.82 Å². The predicted octanol–water partition coefficient (Wildman–Crippen LogP) is 5.11. The van der Waals surface area contributed by atoms with Crippen LogP contribution in [0, 0.1) is 12.3 Å². The third-order valence-corrected chi connectivity index (χ3v) is 5.82. The van der Waals surface area contributed by atoms with Gasteiger partial charge in [-0.2, -0.15) is 0 Å². The Bertz CT molecular complexity index is 1040. The van der Waals surface area contributed by atoms with Crippen LogP contribution in [0.15, 0.2) is 36.4 Å². The summed E-state index contributed by atoms with van der Waals surface area (Å²) in [5.41, 5.74) is 10.1. The number of hydrogen-bond donors (Lipinski definition) is 3. The Morgan fingerprint density at radius 1 is 1.16 bits per heavy atom. The summed E-state index contributed by atoms with van der Waals surface area (Å²) < 4.78 is 0. The van der Waals surface area contributed by atoms with Crippen LogP contribution < -0.4 is 11.1 Å². The van der Waals surface area contributed by atoms with Crippen LogP contribution in [0.4, 0.5) is 11.5 Å². The van der Waals surface area contributed by atoms with E-state index in [9.17, 15) is 0 Å². The zero-order valence-electron chi connectivity index (χ0n) is 19.1. The molecule has 0 radical (unpaired) electrons. The van der Waals surface area contributed by atoms with Gasteiger partial charge in [0.2, 0.25) is 0 Å². The van der Waals surface area contributed by atoms with Gasteiger partial charge in [0, 0.05) is 34.5 Å². The van der Waals surface area contributed by atoms with E-state index in [1.54, 1.807) is 0 Å². The van der Waals surface area contributed by atoms with E-state index in [2.05, 4.69) is 50.0 Å². The number of para-hydroxylation sites is 1. The fraction of sp³-hybridized carbons (Fsp3) is 0.400. The van der Waals surface area contributed by atoms with Crippen LogP contribution in [0.2, 0.25) is 0 Å². The summed E-state index contributed by atoms with van der Waals surface area (Å²) in [5, 5.41) is 12.3. The molecule has 1 atom stereocenters. The van der Waals surface area contributed by atoms with Crippen molar-refractivity contribution in [2.75, 3.05) is 30.7 Å². The zero-order chi connectivity index (χ0) is 22.4. The lowest BCUT2D eigenvalue weighted by atomic mass is 10.1. The molecule has 31 heavy (non-hydrogen) atoms. The number of fused-ring (bicyclic) bond motifs is 1. The highest BCUT2D eigenvalue weighted by Gasteiger charge is 2.14. The summed E-state index contributed by atoms with van der Waals surface area (Å²) in [6.07, 6.45) is 3.48. The molecule has 0 spiro atoms. The molecule has 0 amide bonds. The molecule has 0 fully saturated rings. The zero-order valence-corrected chi connectivity index (χ0v) is 19.1. The Morgan fingerprint density at radius 2 is 1.94 bits per heavy atom. The number of aromatic nitrogens is 2. The largest absolute Gasteiger partial charge is 0.398 e. The standard InChI is InChI=1S/C25H34N6/c1-5-31(6-2)14-8-10-18(4)28-25-21-11-7-9-17(3)23(21)29-24(30-25)19-12-13-22(27)20(15-19)16-26/h7,9,11-13,15-16,18,26H,5-6,8,10,14,27H2,1-4H3,(H,28,29,30). The average molecular weight is 419 g/mol.